The van der Waals surface area contributed by atoms with Crippen molar-refractivity contribution in [3.63, 3.8) is 0 Å². The van der Waals surface area contributed by atoms with E-state index in [0.29, 0.717) is 17.5 Å². The topological polar surface area (TPSA) is 65.9 Å². The summed E-state index contributed by atoms with van der Waals surface area (Å²) >= 11 is 0. The second-order valence-corrected chi connectivity index (χ2v) is 12.0. The van der Waals surface area contributed by atoms with Gasteiger partial charge in [0.05, 0.1) is 0 Å². The molecule has 0 N–H and O–H groups in total. The van der Waals surface area contributed by atoms with E-state index in [1.165, 1.54) is 38.6 Å². The number of para-hydroxylation sites is 1. The van der Waals surface area contributed by atoms with Crippen LogP contribution in [-0.2, 0) is 0 Å². The molecule has 3 heterocycles. The highest BCUT2D eigenvalue weighted by Gasteiger charge is 2.24. The first kappa shape index (κ1) is 25.9. The Labute approximate surface area is 270 Å². The summed E-state index contributed by atoms with van der Waals surface area (Å²) < 4.78 is 6.18. The lowest BCUT2D eigenvalue weighted by molar-refractivity contribution is 0.594. The zero-order valence-corrected chi connectivity index (χ0v) is 25.1. The molecule has 0 saturated carbocycles. The lowest BCUT2D eigenvalue weighted by Gasteiger charge is -2.31. The van der Waals surface area contributed by atoms with Crippen molar-refractivity contribution in [3.8, 4) is 56.2 Å². The van der Waals surface area contributed by atoms with Crippen LogP contribution < -0.4 is 0 Å². The maximum Gasteiger partial charge on any atom is 0.163 e. The van der Waals surface area contributed by atoms with E-state index in [-0.39, 0.29) is 0 Å². The lowest BCUT2D eigenvalue weighted by Crippen LogP contribution is -2.10. The molecule has 0 fully saturated rings. The van der Waals surface area contributed by atoms with E-state index in [9.17, 15) is 0 Å². The molecule has 1 atom stereocenters. The molecule has 47 heavy (non-hydrogen) atoms. The van der Waals surface area contributed by atoms with Crippen LogP contribution in [0, 0.1) is 0 Å². The summed E-state index contributed by atoms with van der Waals surface area (Å²) in [6.07, 6.45) is 3.69. The molecule has 2 aromatic heterocycles. The minimum Gasteiger partial charge on any atom is -0.678 e. The van der Waals surface area contributed by atoms with E-state index in [4.69, 9.17) is 24.7 Å². The zero-order chi connectivity index (χ0) is 30.9. The van der Waals surface area contributed by atoms with Crippen LogP contribution in [0.3, 0.4) is 0 Å². The van der Waals surface area contributed by atoms with Gasteiger partial charge in [-0.05, 0) is 80.0 Å². The Morgan fingerprint density at radius 1 is 0.532 bits per heavy atom. The molecule has 0 spiro atoms. The zero-order valence-electron chi connectivity index (χ0n) is 25.1. The first-order chi connectivity index (χ1) is 23.3. The number of nitrogens with zero attached hydrogens (tertiary/aromatic N) is 4. The van der Waals surface area contributed by atoms with Gasteiger partial charge in [0.2, 0.25) is 0 Å². The van der Waals surface area contributed by atoms with Gasteiger partial charge in [-0.25, -0.2) is 15.0 Å². The molecular formula is C42H25N4O-. The quantitative estimate of drug-likeness (QED) is 0.201. The third-order valence-electron chi connectivity index (χ3n) is 9.29. The maximum absolute atomic E-state index is 6.18. The fourth-order valence-electron chi connectivity index (χ4n) is 7.11. The molecule has 220 valence electrons. The molecule has 10 rings (SSSR count). The molecule has 0 bridgehead atoms. The van der Waals surface area contributed by atoms with E-state index >= 15 is 0 Å². The lowest BCUT2D eigenvalue weighted by atomic mass is 9.95. The van der Waals surface area contributed by atoms with Gasteiger partial charge in [0.15, 0.2) is 11.6 Å². The minimum atomic E-state index is -0.416. The first-order valence-corrected chi connectivity index (χ1v) is 15.8. The summed E-state index contributed by atoms with van der Waals surface area (Å²) in [5.74, 6) is 2.59. The van der Waals surface area contributed by atoms with Crippen LogP contribution in [0.4, 0.5) is 0 Å². The summed E-state index contributed by atoms with van der Waals surface area (Å²) in [4.78, 5) is 15.0. The molecule has 8 aromatic rings. The number of benzene rings is 6. The first-order valence-electron chi connectivity index (χ1n) is 15.8. The predicted octanol–water partition coefficient (Wildman–Crippen LogP) is 10.9. The molecule has 0 saturated heterocycles. The number of rotatable bonds is 4. The predicted molar refractivity (Wildman–Crippen MR) is 189 cm³/mol. The van der Waals surface area contributed by atoms with Crippen LogP contribution in [0.1, 0.15) is 23.2 Å². The second-order valence-electron chi connectivity index (χ2n) is 12.0. The molecule has 0 amide bonds. The summed E-state index contributed by atoms with van der Waals surface area (Å²) in [5.41, 5.74) is 11.2. The minimum absolute atomic E-state index is 0.416. The van der Waals surface area contributed by atoms with E-state index in [2.05, 4.69) is 84.9 Å². The number of aromatic nitrogens is 3. The highest BCUT2D eigenvalue weighted by molar-refractivity contribution is 6.16. The average Bonchev–Trinajstić information content (AvgIpc) is 3.69. The van der Waals surface area contributed by atoms with Crippen molar-refractivity contribution in [2.45, 2.75) is 6.04 Å². The van der Waals surface area contributed by atoms with Crippen LogP contribution in [0.15, 0.2) is 144 Å². The molecule has 2 aliphatic rings. The Morgan fingerprint density at radius 2 is 1.21 bits per heavy atom. The number of fused-ring (bicyclic) bond motifs is 6. The molecule has 5 heteroatoms. The van der Waals surface area contributed by atoms with Crippen LogP contribution in [0.25, 0.3) is 89.3 Å². The van der Waals surface area contributed by atoms with Gasteiger partial charge in [-0.15, -0.1) is 0 Å². The molecule has 1 aliphatic heterocycles. The van der Waals surface area contributed by atoms with Gasteiger partial charge in [0.1, 0.15) is 17.2 Å². The van der Waals surface area contributed by atoms with Crippen molar-refractivity contribution >= 4 is 27.8 Å². The van der Waals surface area contributed by atoms with Crippen molar-refractivity contribution < 1.29 is 4.42 Å². The van der Waals surface area contributed by atoms with Crippen molar-refractivity contribution in [3.05, 3.63) is 162 Å². The number of hydrogen-bond donors (Lipinski definition) is 0. The highest BCUT2D eigenvalue weighted by atomic mass is 16.3. The van der Waals surface area contributed by atoms with Gasteiger partial charge in [-0.2, -0.15) is 6.20 Å². The van der Waals surface area contributed by atoms with Crippen molar-refractivity contribution in [1.82, 2.24) is 15.0 Å². The largest absolute Gasteiger partial charge is 0.678 e. The van der Waals surface area contributed by atoms with Crippen molar-refractivity contribution in [2.24, 2.45) is 0 Å². The Hall–Kier alpha value is -6.33. The molecule has 6 aromatic carbocycles. The number of furan rings is 1. The van der Waals surface area contributed by atoms with E-state index < -0.39 is 6.04 Å². The van der Waals surface area contributed by atoms with Gasteiger partial charge < -0.3 is 9.73 Å². The summed E-state index contributed by atoms with van der Waals surface area (Å²) in [5, 5.41) is 8.45. The normalized spacial score (nSPS) is 14.3. The fraction of sp³-hybridized carbons (Fsp3) is 0.0238. The Balaban J connectivity index is 1.08. The number of hydrogen-bond acceptors (Lipinski definition) is 4. The van der Waals surface area contributed by atoms with Crippen LogP contribution in [0.5, 0.6) is 0 Å². The Kier molecular flexibility index (Phi) is 5.57. The molecule has 0 radical (unpaired) electrons. The third-order valence-corrected chi connectivity index (χ3v) is 9.29. The Morgan fingerprint density at radius 3 is 2.04 bits per heavy atom. The van der Waals surface area contributed by atoms with E-state index in [1.807, 2.05) is 54.6 Å². The summed E-state index contributed by atoms with van der Waals surface area (Å²) in [7, 11) is 0. The van der Waals surface area contributed by atoms with Crippen LogP contribution in [-0.4, -0.2) is 15.0 Å². The Bertz CT molecular complexity index is 2550. The standard InChI is InChI=1S/C42H25N4O/c1-2-9-26(10-3-1)40-44-41(46-42(45-40)39-38-33-14-6-7-16-35(33)47-36(38)21-22-43-39)27-19-17-25(18-20-27)29-23-28-11-8-15-32-30-12-4-5-13-31(30)34(24-29)37(28)32/h1-24,39H/q-1. The molecular weight excluding hydrogens is 576 g/mol. The monoisotopic (exact) mass is 601 g/mol. The van der Waals surface area contributed by atoms with Gasteiger partial charge in [0.25, 0.3) is 0 Å². The van der Waals surface area contributed by atoms with Gasteiger partial charge in [-0.3, -0.25) is 0 Å². The molecule has 1 unspecified atom stereocenters. The van der Waals surface area contributed by atoms with Crippen LogP contribution >= 0.6 is 0 Å². The smallest absolute Gasteiger partial charge is 0.163 e. The fourth-order valence-corrected chi connectivity index (χ4v) is 7.11. The average molecular weight is 602 g/mol. The van der Waals surface area contributed by atoms with E-state index in [0.717, 1.165) is 39.0 Å². The maximum atomic E-state index is 6.18. The van der Waals surface area contributed by atoms with Crippen LogP contribution in [0.2, 0.25) is 0 Å². The van der Waals surface area contributed by atoms with Crippen molar-refractivity contribution in [1.29, 1.82) is 0 Å². The SMILES string of the molecule is C1=Cc2oc3ccccc3c2C(c2nc(-c3ccccc3)nc(-c3ccc(-c4cc5c6c(cccc6c4)-c4ccccc4-5)cc3)n2)[N-]1. The second kappa shape index (κ2) is 10.1. The highest BCUT2D eigenvalue weighted by Crippen LogP contribution is 2.48. The van der Waals surface area contributed by atoms with Gasteiger partial charge in [0, 0.05) is 16.5 Å². The third kappa shape index (κ3) is 4.07. The van der Waals surface area contributed by atoms with Crippen molar-refractivity contribution in [2.75, 3.05) is 0 Å². The summed E-state index contributed by atoms with van der Waals surface area (Å²) in [6.45, 7) is 0. The molecule has 1 aliphatic carbocycles. The molecule has 5 nitrogen and oxygen atoms in total. The van der Waals surface area contributed by atoms with E-state index in [1.54, 1.807) is 6.20 Å². The summed E-state index contributed by atoms with van der Waals surface area (Å²) in [6, 6.07) is 46.1. The van der Waals surface area contributed by atoms with Gasteiger partial charge >= 0.3 is 0 Å². The van der Waals surface area contributed by atoms with Gasteiger partial charge in [-0.1, -0.05) is 115 Å².